The highest BCUT2D eigenvalue weighted by Crippen LogP contribution is 2.17. The largest absolute Gasteiger partial charge is 0.462 e. The molecule has 2 fully saturated rings. The highest BCUT2D eigenvalue weighted by Gasteiger charge is 2.25. The first-order valence-corrected chi connectivity index (χ1v) is 11.0. The summed E-state index contributed by atoms with van der Waals surface area (Å²) in [6.45, 7) is 8.01. The fourth-order valence-corrected chi connectivity index (χ4v) is 3.79. The zero-order chi connectivity index (χ0) is 21.3. The quantitative estimate of drug-likeness (QED) is 0.627. The molecule has 1 amide bonds. The Labute approximate surface area is 178 Å². The maximum absolute atomic E-state index is 12.8. The number of pyridine rings is 1. The van der Waals surface area contributed by atoms with Crippen LogP contribution in [-0.4, -0.2) is 80.0 Å². The molecule has 2 aliphatic heterocycles. The third-order valence-electron chi connectivity index (χ3n) is 5.54. The number of carbonyl (C=O) groups excluding carboxylic acids is 2. The number of esters is 1. The van der Waals surface area contributed by atoms with Gasteiger partial charge in [-0.3, -0.25) is 4.79 Å². The molecule has 3 rings (SSSR count). The predicted molar refractivity (Wildman–Crippen MR) is 113 cm³/mol. The Bertz CT molecular complexity index is 691. The van der Waals surface area contributed by atoms with Gasteiger partial charge in [-0.25, -0.2) is 9.78 Å². The van der Waals surface area contributed by atoms with Gasteiger partial charge in [-0.15, -0.1) is 0 Å². The molecule has 2 saturated heterocycles. The highest BCUT2D eigenvalue weighted by atomic mass is 16.5. The van der Waals surface area contributed by atoms with Crippen molar-refractivity contribution in [2.75, 3.05) is 50.9 Å². The number of ether oxygens (including phenoxy) is 3. The summed E-state index contributed by atoms with van der Waals surface area (Å²) in [5.74, 6) is 0.464. The van der Waals surface area contributed by atoms with Crippen molar-refractivity contribution in [1.29, 1.82) is 0 Å². The van der Waals surface area contributed by atoms with E-state index >= 15 is 0 Å². The summed E-state index contributed by atoms with van der Waals surface area (Å²) < 4.78 is 16.5. The van der Waals surface area contributed by atoms with Crippen LogP contribution in [0.4, 0.5) is 5.82 Å². The summed E-state index contributed by atoms with van der Waals surface area (Å²) in [5.41, 5.74) is 0.445. The summed E-state index contributed by atoms with van der Waals surface area (Å²) >= 11 is 0. The van der Waals surface area contributed by atoms with Crippen LogP contribution >= 0.6 is 0 Å². The molecule has 30 heavy (non-hydrogen) atoms. The molecule has 8 nitrogen and oxygen atoms in total. The second-order valence-electron chi connectivity index (χ2n) is 7.76. The molecule has 8 heteroatoms. The SMILES string of the molecule is CCOC(=O)c1ccc(N2CCCN(C(=O)C(C)OCC3CCCCO3)CC2)nc1. The van der Waals surface area contributed by atoms with Gasteiger partial charge in [-0.05, 0) is 51.7 Å². The lowest BCUT2D eigenvalue weighted by atomic mass is 10.1. The molecule has 3 heterocycles. The first-order valence-electron chi connectivity index (χ1n) is 11.0. The highest BCUT2D eigenvalue weighted by molar-refractivity contribution is 5.89. The zero-order valence-corrected chi connectivity index (χ0v) is 18.0. The molecule has 1 aromatic rings. The Morgan fingerprint density at radius 3 is 2.77 bits per heavy atom. The van der Waals surface area contributed by atoms with Gasteiger partial charge < -0.3 is 24.0 Å². The van der Waals surface area contributed by atoms with Gasteiger partial charge in [0, 0.05) is 39.0 Å². The third-order valence-corrected chi connectivity index (χ3v) is 5.54. The molecule has 1 aromatic heterocycles. The number of hydrogen-bond donors (Lipinski definition) is 0. The Hall–Kier alpha value is -2.19. The minimum absolute atomic E-state index is 0.0262. The van der Waals surface area contributed by atoms with Crippen molar-refractivity contribution in [3.8, 4) is 0 Å². The summed E-state index contributed by atoms with van der Waals surface area (Å²) in [6.07, 6.45) is 5.31. The third kappa shape index (κ3) is 6.15. The van der Waals surface area contributed by atoms with Crippen LogP contribution in [0.1, 0.15) is 49.9 Å². The summed E-state index contributed by atoms with van der Waals surface area (Å²) in [6, 6.07) is 3.57. The van der Waals surface area contributed by atoms with Gasteiger partial charge in [-0.1, -0.05) is 0 Å². The van der Waals surface area contributed by atoms with Gasteiger partial charge in [0.2, 0.25) is 0 Å². The number of hydrogen-bond acceptors (Lipinski definition) is 7. The fraction of sp³-hybridized carbons (Fsp3) is 0.682. The monoisotopic (exact) mass is 419 g/mol. The van der Waals surface area contributed by atoms with E-state index in [1.807, 2.05) is 17.9 Å². The molecule has 2 aliphatic rings. The van der Waals surface area contributed by atoms with Crippen LogP contribution in [0.5, 0.6) is 0 Å². The maximum atomic E-state index is 12.8. The van der Waals surface area contributed by atoms with Crippen LogP contribution in [0, 0.1) is 0 Å². The molecule has 0 aliphatic carbocycles. The van der Waals surface area contributed by atoms with E-state index in [4.69, 9.17) is 14.2 Å². The smallest absolute Gasteiger partial charge is 0.339 e. The van der Waals surface area contributed by atoms with Crippen LogP contribution < -0.4 is 4.90 Å². The lowest BCUT2D eigenvalue weighted by molar-refractivity contribution is -0.145. The number of anilines is 1. The number of carbonyl (C=O) groups is 2. The maximum Gasteiger partial charge on any atom is 0.339 e. The molecule has 0 aromatic carbocycles. The van der Waals surface area contributed by atoms with Crippen molar-refractivity contribution < 1.29 is 23.8 Å². The Kier molecular flexibility index (Phi) is 8.45. The van der Waals surface area contributed by atoms with E-state index in [0.717, 1.165) is 44.7 Å². The van der Waals surface area contributed by atoms with Gasteiger partial charge in [0.05, 0.1) is 24.9 Å². The predicted octanol–water partition coefficient (Wildman–Crippen LogP) is 2.27. The van der Waals surface area contributed by atoms with Crippen LogP contribution in [0.2, 0.25) is 0 Å². The molecular weight excluding hydrogens is 386 g/mol. The second kappa shape index (κ2) is 11.3. The van der Waals surface area contributed by atoms with Crippen molar-refractivity contribution in [2.45, 2.75) is 51.7 Å². The van der Waals surface area contributed by atoms with Crippen molar-refractivity contribution in [2.24, 2.45) is 0 Å². The number of nitrogens with zero attached hydrogens (tertiary/aromatic N) is 3. The minimum Gasteiger partial charge on any atom is -0.462 e. The zero-order valence-electron chi connectivity index (χ0n) is 18.0. The van der Waals surface area contributed by atoms with Gasteiger partial charge in [0.1, 0.15) is 11.9 Å². The average Bonchev–Trinajstić information content (AvgIpc) is 3.04. The molecule has 0 N–H and O–H groups in total. The minimum atomic E-state index is -0.468. The van der Waals surface area contributed by atoms with E-state index in [2.05, 4.69) is 9.88 Å². The Balaban J connectivity index is 1.48. The molecular formula is C22H33N3O5. The standard InChI is InChI=1S/C22H33N3O5/c1-3-28-22(27)18-8-9-20(23-15-18)24-10-6-11-25(13-12-24)21(26)17(2)30-16-19-7-4-5-14-29-19/h8-9,15,17,19H,3-7,10-14,16H2,1-2H3. The molecule has 0 bridgehead atoms. The van der Waals surface area contributed by atoms with E-state index < -0.39 is 6.10 Å². The van der Waals surface area contributed by atoms with Crippen molar-refractivity contribution >= 4 is 17.7 Å². The van der Waals surface area contributed by atoms with Gasteiger partial charge >= 0.3 is 5.97 Å². The first kappa shape index (κ1) is 22.5. The van der Waals surface area contributed by atoms with Crippen molar-refractivity contribution in [3.63, 3.8) is 0 Å². The summed E-state index contributed by atoms with van der Waals surface area (Å²) in [4.78, 5) is 33.0. The summed E-state index contributed by atoms with van der Waals surface area (Å²) in [5, 5.41) is 0. The van der Waals surface area contributed by atoms with Crippen LogP contribution in [0.25, 0.3) is 0 Å². The topological polar surface area (TPSA) is 81.2 Å². The van der Waals surface area contributed by atoms with Gasteiger partial charge in [0.15, 0.2) is 0 Å². The second-order valence-corrected chi connectivity index (χ2v) is 7.76. The molecule has 0 spiro atoms. The van der Waals surface area contributed by atoms with E-state index in [9.17, 15) is 9.59 Å². The Morgan fingerprint density at radius 2 is 2.07 bits per heavy atom. The average molecular weight is 420 g/mol. The lowest BCUT2D eigenvalue weighted by Crippen LogP contribution is -2.42. The molecule has 2 unspecified atom stereocenters. The van der Waals surface area contributed by atoms with Crippen LogP contribution in [0.15, 0.2) is 18.3 Å². The first-order chi connectivity index (χ1) is 14.6. The Morgan fingerprint density at radius 1 is 1.20 bits per heavy atom. The summed E-state index contributed by atoms with van der Waals surface area (Å²) in [7, 11) is 0. The lowest BCUT2D eigenvalue weighted by Gasteiger charge is -2.27. The van der Waals surface area contributed by atoms with Crippen LogP contribution in [0.3, 0.4) is 0 Å². The van der Waals surface area contributed by atoms with Crippen molar-refractivity contribution in [3.05, 3.63) is 23.9 Å². The van der Waals surface area contributed by atoms with Gasteiger partial charge in [-0.2, -0.15) is 0 Å². The molecule has 166 valence electrons. The van der Waals surface area contributed by atoms with E-state index in [1.54, 1.807) is 19.2 Å². The molecule has 0 saturated carbocycles. The van der Waals surface area contributed by atoms with Crippen LogP contribution in [-0.2, 0) is 19.0 Å². The molecule has 0 radical (unpaired) electrons. The number of amides is 1. The normalized spacial score (nSPS) is 21.1. The van der Waals surface area contributed by atoms with E-state index in [1.165, 1.54) is 0 Å². The van der Waals surface area contributed by atoms with Gasteiger partial charge in [0.25, 0.3) is 5.91 Å². The van der Waals surface area contributed by atoms with E-state index in [0.29, 0.717) is 38.4 Å². The van der Waals surface area contributed by atoms with E-state index in [-0.39, 0.29) is 18.0 Å². The molecule has 2 atom stereocenters. The fourth-order valence-electron chi connectivity index (χ4n) is 3.79. The number of aromatic nitrogens is 1. The van der Waals surface area contributed by atoms with Crippen molar-refractivity contribution in [1.82, 2.24) is 9.88 Å². The number of rotatable bonds is 7.